The fourth-order valence-electron chi connectivity index (χ4n) is 1.40. The van der Waals surface area contributed by atoms with Crippen LogP contribution in [-0.4, -0.2) is 67.5 Å². The molecule has 0 aliphatic rings. The highest BCUT2D eigenvalue weighted by molar-refractivity contribution is 7.80. The van der Waals surface area contributed by atoms with Crippen molar-refractivity contribution in [1.82, 2.24) is 25.7 Å². The smallest absolute Gasteiger partial charge is 0.166 e. The van der Waals surface area contributed by atoms with E-state index < -0.39 is 0 Å². The zero-order chi connectivity index (χ0) is 14.1. The first kappa shape index (κ1) is 15.6. The van der Waals surface area contributed by atoms with Gasteiger partial charge in [0.15, 0.2) is 10.9 Å². The molecule has 1 rings (SSSR count). The molecule has 0 aliphatic heterocycles. The summed E-state index contributed by atoms with van der Waals surface area (Å²) in [5, 5.41) is 14.9. The van der Waals surface area contributed by atoms with Crippen LogP contribution in [0.4, 0.5) is 5.82 Å². The van der Waals surface area contributed by atoms with Crippen molar-refractivity contribution in [3.8, 4) is 0 Å². The molecule has 0 saturated carbocycles. The lowest BCUT2D eigenvalue weighted by Crippen LogP contribution is -2.41. The molecule has 6 nitrogen and oxygen atoms in total. The number of nitrogens with zero attached hydrogens (tertiary/aromatic N) is 4. The third-order valence-electron chi connectivity index (χ3n) is 2.53. The molecule has 2 N–H and O–H groups in total. The molecule has 0 saturated heterocycles. The molecule has 0 aromatic carbocycles. The summed E-state index contributed by atoms with van der Waals surface area (Å²) in [6.45, 7) is 3.38. The molecule has 0 unspecified atom stereocenters. The van der Waals surface area contributed by atoms with Gasteiger partial charge in [0.25, 0.3) is 0 Å². The molecule has 1 heterocycles. The van der Waals surface area contributed by atoms with Gasteiger partial charge in [0.2, 0.25) is 0 Å². The second kappa shape index (κ2) is 8.60. The molecule has 0 aliphatic carbocycles. The van der Waals surface area contributed by atoms with Crippen LogP contribution in [-0.2, 0) is 0 Å². The minimum atomic E-state index is 0.689. The van der Waals surface area contributed by atoms with E-state index in [-0.39, 0.29) is 0 Å². The highest BCUT2D eigenvalue weighted by Crippen LogP contribution is 2.03. The maximum Gasteiger partial charge on any atom is 0.166 e. The van der Waals surface area contributed by atoms with Gasteiger partial charge in [-0.25, -0.2) is 0 Å². The molecule has 1 aromatic rings. The van der Waals surface area contributed by atoms with Crippen LogP contribution in [0.15, 0.2) is 18.3 Å². The Morgan fingerprint density at radius 1 is 1.21 bits per heavy atom. The predicted molar refractivity (Wildman–Crippen MR) is 82.5 cm³/mol. The lowest BCUT2D eigenvalue weighted by atomic mass is 10.4. The summed E-state index contributed by atoms with van der Waals surface area (Å²) in [6, 6.07) is 3.81. The molecule has 7 heteroatoms. The Labute approximate surface area is 120 Å². The number of anilines is 1. The molecule has 0 spiro atoms. The van der Waals surface area contributed by atoms with E-state index in [4.69, 9.17) is 12.2 Å². The van der Waals surface area contributed by atoms with Gasteiger partial charge in [0.1, 0.15) is 0 Å². The third kappa shape index (κ3) is 6.88. The van der Waals surface area contributed by atoms with Crippen LogP contribution in [0.5, 0.6) is 0 Å². The molecular weight excluding hydrogens is 260 g/mol. The van der Waals surface area contributed by atoms with Gasteiger partial charge in [0, 0.05) is 39.4 Å². The summed E-state index contributed by atoms with van der Waals surface area (Å²) < 4.78 is 0. The van der Waals surface area contributed by atoms with Crippen LogP contribution in [0, 0.1) is 0 Å². The zero-order valence-corrected chi connectivity index (χ0v) is 12.6. The van der Waals surface area contributed by atoms with Gasteiger partial charge in [-0.2, -0.15) is 5.10 Å². The fraction of sp³-hybridized carbons (Fsp3) is 0.583. The Bertz CT molecular complexity index is 370. The second-order valence-electron chi connectivity index (χ2n) is 4.49. The topological polar surface area (TPSA) is 56.3 Å². The van der Waals surface area contributed by atoms with E-state index in [0.717, 1.165) is 32.0 Å². The van der Waals surface area contributed by atoms with Gasteiger partial charge in [-0.15, -0.1) is 5.10 Å². The number of aromatic nitrogens is 2. The maximum atomic E-state index is 5.19. The first-order valence-corrected chi connectivity index (χ1v) is 6.65. The first-order valence-electron chi connectivity index (χ1n) is 6.25. The van der Waals surface area contributed by atoms with E-state index in [2.05, 4.69) is 25.7 Å². The van der Waals surface area contributed by atoms with Crippen LogP contribution in [0.3, 0.4) is 0 Å². The predicted octanol–water partition coefficient (Wildman–Crippen LogP) is -0.0615. The largest absolute Gasteiger partial charge is 0.361 e. The Hall–Kier alpha value is -1.47. The first-order chi connectivity index (χ1) is 9.09. The third-order valence-corrected chi connectivity index (χ3v) is 2.82. The minimum Gasteiger partial charge on any atom is -0.361 e. The fourth-order valence-corrected chi connectivity index (χ4v) is 1.61. The number of rotatable bonds is 7. The van der Waals surface area contributed by atoms with Crippen molar-refractivity contribution in [2.75, 3.05) is 52.2 Å². The van der Waals surface area contributed by atoms with Crippen LogP contribution in [0.25, 0.3) is 0 Å². The Morgan fingerprint density at radius 2 is 1.89 bits per heavy atom. The van der Waals surface area contributed by atoms with Gasteiger partial charge in [-0.3, -0.25) is 0 Å². The highest BCUT2D eigenvalue weighted by atomic mass is 32.1. The highest BCUT2D eigenvalue weighted by Gasteiger charge is 2.02. The van der Waals surface area contributed by atoms with Crippen molar-refractivity contribution in [3.63, 3.8) is 0 Å². The van der Waals surface area contributed by atoms with Crippen LogP contribution in [0.1, 0.15) is 0 Å². The van der Waals surface area contributed by atoms with E-state index in [1.807, 2.05) is 38.2 Å². The molecular formula is C12H22N6S. The normalized spacial score (nSPS) is 10.3. The van der Waals surface area contributed by atoms with Crippen molar-refractivity contribution in [2.45, 2.75) is 0 Å². The lowest BCUT2D eigenvalue weighted by Gasteiger charge is -2.18. The average Bonchev–Trinajstić information content (AvgIpc) is 2.39. The van der Waals surface area contributed by atoms with Gasteiger partial charge in [0.05, 0.1) is 0 Å². The Kier molecular flexibility index (Phi) is 7.06. The van der Waals surface area contributed by atoms with Crippen molar-refractivity contribution in [2.24, 2.45) is 0 Å². The quantitative estimate of drug-likeness (QED) is 0.679. The van der Waals surface area contributed by atoms with Crippen LogP contribution in [0.2, 0.25) is 0 Å². The average molecular weight is 282 g/mol. The second-order valence-corrected chi connectivity index (χ2v) is 4.90. The summed E-state index contributed by atoms with van der Waals surface area (Å²) in [5.41, 5.74) is 0. The van der Waals surface area contributed by atoms with Gasteiger partial charge >= 0.3 is 0 Å². The van der Waals surface area contributed by atoms with E-state index in [1.54, 1.807) is 6.20 Å². The van der Waals surface area contributed by atoms with E-state index in [1.165, 1.54) is 0 Å². The molecule has 1 aromatic heterocycles. The monoisotopic (exact) mass is 282 g/mol. The number of likely N-dealkylation sites (N-methyl/N-ethyl adjacent to an activating group) is 2. The zero-order valence-electron chi connectivity index (χ0n) is 11.8. The number of hydrogen-bond acceptors (Lipinski definition) is 5. The summed E-state index contributed by atoms with van der Waals surface area (Å²) in [4.78, 5) is 4.14. The van der Waals surface area contributed by atoms with Crippen molar-refractivity contribution in [3.05, 3.63) is 18.3 Å². The van der Waals surface area contributed by atoms with Gasteiger partial charge < -0.3 is 20.4 Å². The number of nitrogens with one attached hydrogen (secondary N) is 2. The number of thiocarbonyl (C=S) groups is 1. The van der Waals surface area contributed by atoms with Crippen LogP contribution < -0.4 is 15.5 Å². The summed E-state index contributed by atoms with van der Waals surface area (Å²) in [6.07, 6.45) is 1.67. The van der Waals surface area contributed by atoms with E-state index in [0.29, 0.717) is 5.11 Å². The summed E-state index contributed by atoms with van der Waals surface area (Å²) >= 11 is 5.19. The van der Waals surface area contributed by atoms with E-state index in [9.17, 15) is 0 Å². The molecule has 19 heavy (non-hydrogen) atoms. The van der Waals surface area contributed by atoms with Gasteiger partial charge in [-0.05, 0) is 38.4 Å². The standard InChI is InChI=1S/C12H22N6S/c1-17(2)9-7-13-12(19)14-8-10-18(3)11-5-4-6-15-16-11/h4-6H,7-10H2,1-3H3,(H2,13,14,19). The SMILES string of the molecule is CN(C)CCNC(=S)NCCN(C)c1cccnn1. The Balaban J connectivity index is 2.14. The van der Waals surface area contributed by atoms with Crippen molar-refractivity contribution >= 4 is 23.1 Å². The maximum absolute atomic E-state index is 5.19. The van der Waals surface area contributed by atoms with Crippen LogP contribution >= 0.6 is 12.2 Å². The molecule has 106 valence electrons. The lowest BCUT2D eigenvalue weighted by molar-refractivity contribution is 0.412. The number of hydrogen-bond donors (Lipinski definition) is 2. The molecule has 0 radical (unpaired) electrons. The van der Waals surface area contributed by atoms with Crippen molar-refractivity contribution in [1.29, 1.82) is 0 Å². The van der Waals surface area contributed by atoms with Gasteiger partial charge in [-0.1, -0.05) is 0 Å². The van der Waals surface area contributed by atoms with E-state index >= 15 is 0 Å². The summed E-state index contributed by atoms with van der Waals surface area (Å²) in [7, 11) is 6.05. The Morgan fingerprint density at radius 3 is 2.47 bits per heavy atom. The summed E-state index contributed by atoms with van der Waals surface area (Å²) in [5.74, 6) is 0.857. The molecule has 0 atom stereocenters. The minimum absolute atomic E-state index is 0.689. The van der Waals surface area contributed by atoms with Crippen molar-refractivity contribution < 1.29 is 0 Å². The molecule has 0 fully saturated rings. The molecule has 0 amide bonds. The molecule has 0 bridgehead atoms.